The van der Waals surface area contributed by atoms with E-state index in [1.165, 1.54) is 0 Å². The highest BCUT2D eigenvalue weighted by Gasteiger charge is 2.09. The van der Waals surface area contributed by atoms with Crippen LogP contribution in [0.25, 0.3) is 0 Å². The van der Waals surface area contributed by atoms with Gasteiger partial charge in [-0.3, -0.25) is 4.79 Å². The predicted molar refractivity (Wildman–Crippen MR) is 83.3 cm³/mol. The number of benzene rings is 1. The topological polar surface area (TPSA) is 49.3 Å². The molecule has 0 aromatic heterocycles. The Morgan fingerprint density at radius 1 is 1.30 bits per heavy atom. The van der Waals surface area contributed by atoms with Gasteiger partial charge in [-0.05, 0) is 43.4 Å². The summed E-state index contributed by atoms with van der Waals surface area (Å²) in [7, 11) is 0. The van der Waals surface area contributed by atoms with Gasteiger partial charge in [0, 0.05) is 13.0 Å². The van der Waals surface area contributed by atoms with E-state index in [9.17, 15) is 9.90 Å². The average Bonchev–Trinajstić information content (AvgIpc) is 2.37. The summed E-state index contributed by atoms with van der Waals surface area (Å²) in [4.78, 5) is 11.7. The van der Waals surface area contributed by atoms with E-state index >= 15 is 0 Å². The first kappa shape index (κ1) is 17.3. The van der Waals surface area contributed by atoms with Gasteiger partial charge in [-0.1, -0.05) is 36.2 Å². The van der Waals surface area contributed by atoms with Crippen LogP contribution in [0.4, 0.5) is 0 Å². The Morgan fingerprint density at radius 2 is 2.00 bits per heavy atom. The molecule has 20 heavy (non-hydrogen) atoms. The first-order valence-corrected chi connectivity index (χ1v) is 7.52. The number of aliphatic hydroxyl groups excluding tert-OH is 1. The number of amides is 1. The fraction of sp³-hybridized carbons (Fsp3) is 0.533. The third-order valence-electron chi connectivity index (χ3n) is 3.02. The molecular formula is C15H21Cl2NO2. The Bertz CT molecular complexity index is 449. The molecule has 2 N–H and O–H groups in total. The first-order valence-electron chi connectivity index (χ1n) is 6.77. The van der Waals surface area contributed by atoms with E-state index in [0.29, 0.717) is 35.9 Å². The maximum Gasteiger partial charge on any atom is 0.220 e. The Balaban J connectivity index is 2.31. The van der Waals surface area contributed by atoms with Gasteiger partial charge >= 0.3 is 0 Å². The van der Waals surface area contributed by atoms with E-state index in [-0.39, 0.29) is 17.9 Å². The molecule has 2 unspecified atom stereocenters. The number of hydrogen-bond acceptors (Lipinski definition) is 2. The average molecular weight is 318 g/mol. The molecule has 0 spiro atoms. The number of nitrogens with one attached hydrogen (secondary N) is 1. The summed E-state index contributed by atoms with van der Waals surface area (Å²) in [5.41, 5.74) is 0.992. The van der Waals surface area contributed by atoms with Crippen LogP contribution in [0, 0.1) is 5.92 Å². The van der Waals surface area contributed by atoms with E-state index in [0.717, 1.165) is 5.56 Å². The molecule has 0 heterocycles. The number of carbonyl (C=O) groups excluding carboxylic acids is 1. The zero-order valence-electron chi connectivity index (χ0n) is 11.8. The molecule has 0 fully saturated rings. The van der Waals surface area contributed by atoms with Crippen molar-refractivity contribution in [3.05, 3.63) is 33.8 Å². The van der Waals surface area contributed by atoms with Gasteiger partial charge in [0.25, 0.3) is 0 Å². The van der Waals surface area contributed by atoms with Gasteiger partial charge in [-0.2, -0.15) is 0 Å². The lowest BCUT2D eigenvalue weighted by Gasteiger charge is -2.14. The van der Waals surface area contributed by atoms with Crippen molar-refractivity contribution in [3.63, 3.8) is 0 Å². The number of halogens is 2. The molecule has 0 aliphatic heterocycles. The Labute approximate surface area is 130 Å². The Morgan fingerprint density at radius 3 is 2.60 bits per heavy atom. The summed E-state index contributed by atoms with van der Waals surface area (Å²) < 4.78 is 0. The molecular weight excluding hydrogens is 297 g/mol. The van der Waals surface area contributed by atoms with E-state index in [1.54, 1.807) is 19.1 Å². The quantitative estimate of drug-likeness (QED) is 0.809. The van der Waals surface area contributed by atoms with E-state index in [2.05, 4.69) is 5.32 Å². The van der Waals surface area contributed by atoms with E-state index in [1.807, 2.05) is 13.0 Å². The third-order valence-corrected chi connectivity index (χ3v) is 3.75. The van der Waals surface area contributed by atoms with Crippen LogP contribution in [0.5, 0.6) is 0 Å². The van der Waals surface area contributed by atoms with Crippen LogP contribution >= 0.6 is 23.2 Å². The second-order valence-corrected chi connectivity index (χ2v) is 6.06. The van der Waals surface area contributed by atoms with Crippen molar-refractivity contribution in [1.29, 1.82) is 0 Å². The number of aryl methyl sites for hydroxylation is 1. The van der Waals surface area contributed by atoms with Crippen LogP contribution in [0.15, 0.2) is 18.2 Å². The lowest BCUT2D eigenvalue weighted by Crippen LogP contribution is -2.29. The summed E-state index contributed by atoms with van der Waals surface area (Å²) in [5, 5.41) is 13.2. The normalized spacial score (nSPS) is 13.8. The summed E-state index contributed by atoms with van der Waals surface area (Å²) in [6, 6.07) is 5.40. The Kier molecular flexibility index (Phi) is 7.35. The van der Waals surface area contributed by atoms with Crippen molar-refractivity contribution < 1.29 is 9.90 Å². The smallest absolute Gasteiger partial charge is 0.220 e. The van der Waals surface area contributed by atoms with E-state index < -0.39 is 0 Å². The fourth-order valence-electron chi connectivity index (χ4n) is 2.00. The standard InChI is InChI=1S/C15H21Cl2NO2/c1-10(7-11(2)19)9-18-15(20)6-4-12-3-5-13(16)14(17)8-12/h3,5,8,10-11,19H,4,6-7,9H2,1-2H3,(H,18,20). The van der Waals surface area contributed by atoms with Gasteiger partial charge in [0.05, 0.1) is 16.1 Å². The van der Waals surface area contributed by atoms with Crippen molar-refractivity contribution >= 4 is 29.1 Å². The molecule has 2 atom stereocenters. The molecule has 0 radical (unpaired) electrons. The molecule has 1 aromatic carbocycles. The van der Waals surface area contributed by atoms with Gasteiger partial charge < -0.3 is 10.4 Å². The molecule has 0 saturated heterocycles. The molecule has 0 aliphatic rings. The summed E-state index contributed by atoms with van der Waals surface area (Å²) in [5.74, 6) is 0.275. The van der Waals surface area contributed by atoms with Crippen LogP contribution in [0.3, 0.4) is 0 Å². The summed E-state index contributed by atoms with van der Waals surface area (Å²) in [6.45, 7) is 4.35. The zero-order valence-corrected chi connectivity index (χ0v) is 13.3. The Hall–Kier alpha value is -0.770. The predicted octanol–water partition coefficient (Wildman–Crippen LogP) is 3.45. The van der Waals surface area contributed by atoms with Crippen LogP contribution < -0.4 is 5.32 Å². The molecule has 5 heteroatoms. The van der Waals surface area contributed by atoms with Gasteiger partial charge in [-0.15, -0.1) is 0 Å². The molecule has 1 rings (SSSR count). The van der Waals surface area contributed by atoms with Crippen LogP contribution in [0.1, 0.15) is 32.3 Å². The highest BCUT2D eigenvalue weighted by atomic mass is 35.5. The van der Waals surface area contributed by atoms with Gasteiger partial charge in [0.2, 0.25) is 5.91 Å². The lowest BCUT2D eigenvalue weighted by molar-refractivity contribution is -0.121. The van der Waals surface area contributed by atoms with Crippen LogP contribution in [-0.2, 0) is 11.2 Å². The minimum Gasteiger partial charge on any atom is -0.393 e. The van der Waals surface area contributed by atoms with Crippen molar-refractivity contribution in [1.82, 2.24) is 5.32 Å². The number of aliphatic hydroxyl groups is 1. The number of carbonyl (C=O) groups is 1. The summed E-state index contributed by atoms with van der Waals surface area (Å²) >= 11 is 11.8. The number of rotatable bonds is 7. The van der Waals surface area contributed by atoms with Gasteiger partial charge in [0.15, 0.2) is 0 Å². The third kappa shape index (κ3) is 6.60. The molecule has 0 aliphatic carbocycles. The molecule has 112 valence electrons. The second kappa shape index (κ2) is 8.50. The van der Waals surface area contributed by atoms with Crippen molar-refractivity contribution in [2.24, 2.45) is 5.92 Å². The van der Waals surface area contributed by atoms with Crippen molar-refractivity contribution in [2.75, 3.05) is 6.54 Å². The maximum atomic E-state index is 11.7. The monoisotopic (exact) mass is 317 g/mol. The highest BCUT2D eigenvalue weighted by molar-refractivity contribution is 6.42. The lowest BCUT2D eigenvalue weighted by atomic mass is 10.0. The molecule has 1 aromatic rings. The SMILES string of the molecule is CC(O)CC(C)CNC(=O)CCc1ccc(Cl)c(Cl)c1. The number of hydrogen-bond donors (Lipinski definition) is 2. The second-order valence-electron chi connectivity index (χ2n) is 5.24. The van der Waals surface area contributed by atoms with E-state index in [4.69, 9.17) is 23.2 Å². The minimum absolute atomic E-state index is 0.00788. The zero-order chi connectivity index (χ0) is 15.1. The molecule has 0 saturated carbocycles. The largest absolute Gasteiger partial charge is 0.393 e. The summed E-state index contributed by atoms with van der Waals surface area (Å²) in [6.07, 6.45) is 1.40. The molecule has 0 bridgehead atoms. The molecule has 1 amide bonds. The van der Waals surface area contributed by atoms with Gasteiger partial charge in [-0.25, -0.2) is 0 Å². The van der Waals surface area contributed by atoms with Crippen molar-refractivity contribution in [2.45, 2.75) is 39.2 Å². The minimum atomic E-state index is -0.335. The van der Waals surface area contributed by atoms with Crippen molar-refractivity contribution in [3.8, 4) is 0 Å². The van der Waals surface area contributed by atoms with Crippen LogP contribution in [-0.4, -0.2) is 23.7 Å². The van der Waals surface area contributed by atoms with Crippen LogP contribution in [0.2, 0.25) is 10.0 Å². The van der Waals surface area contributed by atoms with Gasteiger partial charge in [0.1, 0.15) is 0 Å². The first-order chi connectivity index (χ1) is 9.38. The highest BCUT2D eigenvalue weighted by Crippen LogP contribution is 2.23. The maximum absolute atomic E-state index is 11.7. The molecule has 3 nitrogen and oxygen atoms in total. The fourth-order valence-corrected chi connectivity index (χ4v) is 2.32.